The molecule has 1 N–H and O–H groups in total. The summed E-state index contributed by atoms with van der Waals surface area (Å²) in [5, 5.41) is 3.60. The van der Waals surface area contributed by atoms with Crippen LogP contribution in [0.4, 0.5) is 0 Å². The molecule has 2 heteroatoms. The first-order chi connectivity index (χ1) is 9.51. The molecule has 0 radical (unpaired) electrons. The second-order valence-corrected chi connectivity index (χ2v) is 7.99. The van der Waals surface area contributed by atoms with Crippen molar-refractivity contribution < 1.29 is 0 Å². The number of hydrogen-bond donors (Lipinski definition) is 1. The molecule has 1 heterocycles. The fourth-order valence-electron chi connectivity index (χ4n) is 4.65. The lowest BCUT2D eigenvalue weighted by molar-refractivity contribution is 0.0783. The highest BCUT2D eigenvalue weighted by atomic mass is 15.1. The Hall–Kier alpha value is -0.0800. The van der Waals surface area contributed by atoms with Gasteiger partial charge in [-0.3, -0.25) is 0 Å². The normalized spacial score (nSPS) is 37.5. The van der Waals surface area contributed by atoms with E-state index in [0.29, 0.717) is 0 Å². The quantitative estimate of drug-likeness (QED) is 0.846. The minimum absolute atomic E-state index is 0.733. The minimum atomic E-state index is 0.733. The molecule has 0 aromatic rings. The fourth-order valence-corrected chi connectivity index (χ4v) is 4.65. The van der Waals surface area contributed by atoms with Crippen LogP contribution in [0.3, 0.4) is 0 Å². The van der Waals surface area contributed by atoms with E-state index < -0.39 is 0 Å². The molecule has 4 atom stereocenters. The summed E-state index contributed by atoms with van der Waals surface area (Å²) in [6, 6.07) is 0.733. The van der Waals surface area contributed by atoms with Crippen molar-refractivity contribution in [3.8, 4) is 0 Å². The Kier molecular flexibility index (Phi) is 5.92. The highest BCUT2D eigenvalue weighted by Crippen LogP contribution is 2.35. The van der Waals surface area contributed by atoms with E-state index in [1.807, 2.05) is 0 Å². The van der Waals surface area contributed by atoms with Crippen LogP contribution in [0, 0.1) is 29.6 Å². The third kappa shape index (κ3) is 3.98. The van der Waals surface area contributed by atoms with E-state index in [1.54, 1.807) is 0 Å². The van der Waals surface area contributed by atoms with E-state index in [1.165, 1.54) is 45.3 Å². The molecular weight excluding hydrogens is 244 g/mol. The van der Waals surface area contributed by atoms with Gasteiger partial charge in [0.2, 0.25) is 0 Å². The summed E-state index contributed by atoms with van der Waals surface area (Å²) in [7, 11) is 2.16. The van der Waals surface area contributed by atoms with Crippen LogP contribution in [0.1, 0.15) is 53.4 Å². The van der Waals surface area contributed by atoms with Crippen LogP contribution in [0.15, 0.2) is 0 Å². The molecule has 0 aromatic heterocycles. The van der Waals surface area contributed by atoms with Crippen LogP contribution in [-0.4, -0.2) is 37.6 Å². The highest BCUT2D eigenvalue weighted by molar-refractivity contribution is 4.89. The molecule has 2 fully saturated rings. The average Bonchev–Trinajstić information content (AvgIpc) is 2.42. The third-order valence-electron chi connectivity index (χ3n) is 6.09. The van der Waals surface area contributed by atoms with Crippen LogP contribution in [-0.2, 0) is 0 Å². The van der Waals surface area contributed by atoms with Crippen LogP contribution in [0.2, 0.25) is 0 Å². The largest absolute Gasteiger partial charge is 0.317 e. The van der Waals surface area contributed by atoms with Crippen molar-refractivity contribution in [2.75, 3.05) is 26.7 Å². The molecule has 2 aliphatic rings. The zero-order chi connectivity index (χ0) is 14.7. The van der Waals surface area contributed by atoms with E-state index in [-0.39, 0.29) is 0 Å². The van der Waals surface area contributed by atoms with E-state index in [9.17, 15) is 0 Å². The Morgan fingerprint density at radius 3 is 2.30 bits per heavy atom. The smallest absolute Gasteiger partial charge is 0.0110 e. The topological polar surface area (TPSA) is 15.3 Å². The Balaban J connectivity index is 1.86. The van der Waals surface area contributed by atoms with Gasteiger partial charge in [-0.15, -0.1) is 0 Å². The molecule has 0 bridgehead atoms. The maximum Gasteiger partial charge on any atom is 0.0110 e. The molecule has 2 rings (SSSR count). The summed E-state index contributed by atoms with van der Waals surface area (Å²) in [6.45, 7) is 13.7. The SMILES string of the molecule is CNC1CC(C)CC(C)C1CN1CCC(C(C)C)CC1. The van der Waals surface area contributed by atoms with Crippen molar-refractivity contribution in [3.63, 3.8) is 0 Å². The number of hydrogen-bond acceptors (Lipinski definition) is 2. The first-order valence-corrected chi connectivity index (χ1v) is 8.90. The van der Waals surface area contributed by atoms with Crippen LogP contribution in [0.5, 0.6) is 0 Å². The molecule has 0 aromatic carbocycles. The van der Waals surface area contributed by atoms with Crippen molar-refractivity contribution in [2.45, 2.75) is 59.4 Å². The van der Waals surface area contributed by atoms with Crippen LogP contribution < -0.4 is 5.32 Å². The van der Waals surface area contributed by atoms with Gasteiger partial charge in [0.05, 0.1) is 0 Å². The summed E-state index contributed by atoms with van der Waals surface area (Å²) < 4.78 is 0. The van der Waals surface area contributed by atoms with Gasteiger partial charge in [0, 0.05) is 12.6 Å². The molecule has 4 unspecified atom stereocenters. The predicted molar refractivity (Wildman–Crippen MR) is 87.9 cm³/mol. The van der Waals surface area contributed by atoms with Crippen molar-refractivity contribution in [3.05, 3.63) is 0 Å². The fraction of sp³-hybridized carbons (Fsp3) is 1.00. The van der Waals surface area contributed by atoms with Gasteiger partial charge in [-0.1, -0.05) is 27.7 Å². The maximum absolute atomic E-state index is 3.60. The van der Waals surface area contributed by atoms with Gasteiger partial charge >= 0.3 is 0 Å². The first-order valence-electron chi connectivity index (χ1n) is 8.90. The second-order valence-electron chi connectivity index (χ2n) is 7.99. The van der Waals surface area contributed by atoms with Gasteiger partial charge < -0.3 is 10.2 Å². The molecule has 1 aliphatic heterocycles. The third-order valence-corrected chi connectivity index (χ3v) is 6.09. The first kappa shape index (κ1) is 16.3. The van der Waals surface area contributed by atoms with Gasteiger partial charge in [-0.25, -0.2) is 0 Å². The lowest BCUT2D eigenvalue weighted by Crippen LogP contribution is -2.49. The van der Waals surface area contributed by atoms with Gasteiger partial charge in [-0.2, -0.15) is 0 Å². The second kappa shape index (κ2) is 7.26. The average molecular weight is 281 g/mol. The summed E-state index contributed by atoms with van der Waals surface area (Å²) in [5.41, 5.74) is 0. The van der Waals surface area contributed by atoms with Crippen LogP contribution in [0.25, 0.3) is 0 Å². The Bertz CT molecular complexity index is 281. The monoisotopic (exact) mass is 280 g/mol. The standard InChI is InChI=1S/C18H36N2/c1-13(2)16-6-8-20(9-7-16)12-17-15(4)10-14(3)11-18(17)19-5/h13-19H,6-12H2,1-5H3. The Morgan fingerprint density at radius 2 is 1.75 bits per heavy atom. The van der Waals surface area contributed by atoms with Gasteiger partial charge in [0.1, 0.15) is 0 Å². The van der Waals surface area contributed by atoms with E-state index in [4.69, 9.17) is 0 Å². The number of rotatable bonds is 4. The molecule has 0 spiro atoms. The molecule has 1 saturated heterocycles. The number of piperidine rings is 1. The molecular formula is C18H36N2. The molecule has 118 valence electrons. The summed E-state index contributed by atoms with van der Waals surface area (Å²) >= 11 is 0. The Morgan fingerprint density at radius 1 is 1.10 bits per heavy atom. The van der Waals surface area contributed by atoms with Gasteiger partial charge in [0.25, 0.3) is 0 Å². The minimum Gasteiger partial charge on any atom is -0.317 e. The lowest BCUT2D eigenvalue weighted by Gasteiger charge is -2.43. The zero-order valence-corrected chi connectivity index (χ0v) is 14.4. The Labute approximate surface area is 126 Å². The van der Waals surface area contributed by atoms with E-state index in [0.717, 1.165) is 35.6 Å². The number of nitrogens with zero attached hydrogens (tertiary/aromatic N) is 1. The number of likely N-dealkylation sites (tertiary alicyclic amines) is 1. The number of nitrogens with one attached hydrogen (secondary N) is 1. The summed E-state index contributed by atoms with van der Waals surface area (Å²) in [5.74, 6) is 4.46. The van der Waals surface area contributed by atoms with Gasteiger partial charge in [0.15, 0.2) is 0 Å². The summed E-state index contributed by atoms with van der Waals surface area (Å²) in [6.07, 6.45) is 5.62. The van der Waals surface area contributed by atoms with Gasteiger partial charge in [-0.05, 0) is 75.4 Å². The van der Waals surface area contributed by atoms with Crippen LogP contribution >= 0.6 is 0 Å². The van der Waals surface area contributed by atoms with E-state index in [2.05, 4.69) is 45.0 Å². The van der Waals surface area contributed by atoms with Crippen molar-refractivity contribution in [1.29, 1.82) is 0 Å². The van der Waals surface area contributed by atoms with Crippen molar-refractivity contribution in [1.82, 2.24) is 10.2 Å². The predicted octanol–water partition coefficient (Wildman–Crippen LogP) is 3.62. The van der Waals surface area contributed by atoms with Crippen molar-refractivity contribution in [2.24, 2.45) is 29.6 Å². The lowest BCUT2D eigenvalue weighted by atomic mass is 9.72. The molecule has 1 saturated carbocycles. The maximum atomic E-state index is 3.60. The molecule has 2 nitrogen and oxygen atoms in total. The molecule has 1 aliphatic carbocycles. The van der Waals surface area contributed by atoms with E-state index >= 15 is 0 Å². The van der Waals surface area contributed by atoms with Crippen molar-refractivity contribution >= 4 is 0 Å². The molecule has 20 heavy (non-hydrogen) atoms. The highest BCUT2D eigenvalue weighted by Gasteiger charge is 2.34. The molecule has 0 amide bonds. The zero-order valence-electron chi connectivity index (χ0n) is 14.4. The summed E-state index contributed by atoms with van der Waals surface area (Å²) in [4.78, 5) is 2.75.